The van der Waals surface area contributed by atoms with Crippen molar-refractivity contribution in [2.75, 3.05) is 51.1 Å². The molecule has 164 valence electrons. The molecule has 0 radical (unpaired) electrons. The van der Waals surface area contributed by atoms with Crippen molar-refractivity contribution in [1.82, 2.24) is 14.7 Å². The van der Waals surface area contributed by atoms with Crippen LogP contribution in [0.3, 0.4) is 0 Å². The Morgan fingerprint density at radius 1 is 1.10 bits per heavy atom. The number of nitrogens with one attached hydrogen (secondary N) is 1. The first-order chi connectivity index (χ1) is 14.3. The molecule has 1 atom stereocenters. The maximum Gasteiger partial charge on any atom is 0.238 e. The number of piperidine rings is 1. The molecule has 2 aliphatic heterocycles. The van der Waals surface area contributed by atoms with Crippen molar-refractivity contribution >= 4 is 23.4 Å². The Morgan fingerprint density at radius 3 is 2.50 bits per heavy atom. The van der Waals surface area contributed by atoms with E-state index in [4.69, 9.17) is 0 Å². The van der Waals surface area contributed by atoms with Gasteiger partial charge in [-0.25, -0.2) is 4.39 Å². The minimum atomic E-state index is -0.392. The molecule has 1 aromatic carbocycles. The predicted molar refractivity (Wildman–Crippen MR) is 112 cm³/mol. The molecule has 30 heavy (non-hydrogen) atoms. The Balaban J connectivity index is 1.45. The van der Waals surface area contributed by atoms with E-state index in [1.54, 1.807) is 12.1 Å². The first kappa shape index (κ1) is 22.2. The molecule has 0 saturated carbocycles. The molecule has 1 aromatic rings. The summed E-state index contributed by atoms with van der Waals surface area (Å²) >= 11 is 0. The van der Waals surface area contributed by atoms with Crippen molar-refractivity contribution in [1.29, 1.82) is 0 Å². The van der Waals surface area contributed by atoms with Gasteiger partial charge in [0.25, 0.3) is 0 Å². The van der Waals surface area contributed by atoms with Crippen molar-refractivity contribution in [2.45, 2.75) is 26.7 Å². The van der Waals surface area contributed by atoms with Gasteiger partial charge in [0.05, 0.1) is 12.5 Å². The van der Waals surface area contributed by atoms with Gasteiger partial charge in [-0.15, -0.1) is 0 Å². The van der Waals surface area contributed by atoms with Gasteiger partial charge in [0.15, 0.2) is 0 Å². The molecule has 0 bridgehead atoms. The van der Waals surface area contributed by atoms with Crippen LogP contribution in [0.25, 0.3) is 0 Å². The van der Waals surface area contributed by atoms with E-state index in [0.29, 0.717) is 38.4 Å². The molecule has 0 aliphatic carbocycles. The first-order valence-corrected chi connectivity index (χ1v) is 10.7. The van der Waals surface area contributed by atoms with Gasteiger partial charge >= 0.3 is 0 Å². The number of piperazine rings is 1. The number of halogens is 1. The maximum absolute atomic E-state index is 13.2. The number of likely N-dealkylation sites (tertiary alicyclic amines) is 1. The summed E-state index contributed by atoms with van der Waals surface area (Å²) in [6.07, 6.45) is 1.67. The smallest absolute Gasteiger partial charge is 0.238 e. The molecular formula is C22H31FN4O3. The topological polar surface area (TPSA) is 73.0 Å². The highest BCUT2D eigenvalue weighted by Gasteiger charge is 2.33. The fourth-order valence-corrected chi connectivity index (χ4v) is 4.10. The zero-order valence-corrected chi connectivity index (χ0v) is 17.8. The third-order valence-electron chi connectivity index (χ3n) is 5.74. The van der Waals surface area contributed by atoms with Crippen molar-refractivity contribution < 1.29 is 18.8 Å². The largest absolute Gasteiger partial charge is 0.342 e. The molecule has 0 aromatic heterocycles. The van der Waals surface area contributed by atoms with Crippen LogP contribution >= 0.6 is 0 Å². The summed E-state index contributed by atoms with van der Waals surface area (Å²) in [6, 6.07) is 5.81. The fraction of sp³-hybridized carbons (Fsp3) is 0.591. The Bertz CT molecular complexity index is 777. The van der Waals surface area contributed by atoms with E-state index >= 15 is 0 Å². The molecule has 1 unspecified atom stereocenters. The Labute approximate surface area is 177 Å². The lowest BCUT2D eigenvalue weighted by molar-refractivity contribution is -0.143. The summed E-state index contributed by atoms with van der Waals surface area (Å²) in [5.41, 5.74) is 0.437. The average molecular weight is 419 g/mol. The zero-order valence-electron chi connectivity index (χ0n) is 17.8. The Kier molecular flexibility index (Phi) is 7.42. The summed E-state index contributed by atoms with van der Waals surface area (Å²) < 4.78 is 13.2. The van der Waals surface area contributed by atoms with Crippen LogP contribution in [-0.2, 0) is 14.4 Å². The van der Waals surface area contributed by atoms with Gasteiger partial charge in [0.1, 0.15) is 5.82 Å². The highest BCUT2D eigenvalue weighted by atomic mass is 19.1. The van der Waals surface area contributed by atoms with E-state index in [-0.39, 0.29) is 36.1 Å². The second kappa shape index (κ2) is 10.0. The van der Waals surface area contributed by atoms with Gasteiger partial charge in [0, 0.05) is 50.9 Å². The van der Waals surface area contributed by atoms with Gasteiger partial charge in [-0.2, -0.15) is 0 Å². The van der Waals surface area contributed by atoms with E-state index in [1.807, 2.05) is 28.5 Å². The molecule has 2 heterocycles. The second-order valence-corrected chi connectivity index (χ2v) is 8.44. The second-order valence-electron chi connectivity index (χ2n) is 8.44. The number of hydrogen-bond acceptors (Lipinski definition) is 4. The average Bonchev–Trinajstić information content (AvgIpc) is 2.73. The number of anilines is 1. The van der Waals surface area contributed by atoms with Crippen LogP contribution in [0.5, 0.6) is 0 Å². The molecule has 3 rings (SSSR count). The summed E-state index contributed by atoms with van der Waals surface area (Å²) in [4.78, 5) is 43.1. The normalized spacial score (nSPS) is 20.3. The van der Waals surface area contributed by atoms with Crippen molar-refractivity contribution in [3.8, 4) is 0 Å². The lowest BCUT2D eigenvalue weighted by Crippen LogP contribution is -2.54. The third-order valence-corrected chi connectivity index (χ3v) is 5.74. The third kappa shape index (κ3) is 5.78. The number of amides is 3. The zero-order chi connectivity index (χ0) is 21.7. The van der Waals surface area contributed by atoms with E-state index in [2.05, 4.69) is 5.32 Å². The van der Waals surface area contributed by atoms with Crippen molar-refractivity contribution in [3.63, 3.8) is 0 Å². The summed E-state index contributed by atoms with van der Waals surface area (Å²) in [5, 5.41) is 2.70. The number of rotatable bonds is 5. The number of carbonyl (C=O) groups is 3. The number of hydrogen-bond donors (Lipinski definition) is 1. The SMILES string of the molecule is CC(C)C(=O)N1CCCC(C(=O)N2CCN(CC(=O)Nc3cccc(F)c3)CC2)C1. The number of benzene rings is 1. The number of nitrogens with zero attached hydrogens (tertiary/aromatic N) is 3. The summed E-state index contributed by atoms with van der Waals surface area (Å²) in [7, 11) is 0. The van der Waals surface area contributed by atoms with Crippen LogP contribution in [0.1, 0.15) is 26.7 Å². The van der Waals surface area contributed by atoms with Crippen LogP contribution in [0, 0.1) is 17.7 Å². The standard InChI is InChI=1S/C22H31FN4O3/c1-16(2)21(29)27-8-4-5-17(14-27)22(30)26-11-9-25(10-12-26)15-20(28)24-19-7-3-6-18(23)13-19/h3,6-7,13,16-17H,4-5,8-12,14-15H2,1-2H3,(H,24,28). The lowest BCUT2D eigenvalue weighted by Gasteiger charge is -2.39. The van der Waals surface area contributed by atoms with Crippen LogP contribution in [0.4, 0.5) is 10.1 Å². The molecule has 1 N–H and O–H groups in total. The van der Waals surface area contributed by atoms with Gasteiger partial charge in [0.2, 0.25) is 17.7 Å². The molecule has 0 spiro atoms. The van der Waals surface area contributed by atoms with Crippen LogP contribution in [0.15, 0.2) is 24.3 Å². The van der Waals surface area contributed by atoms with E-state index in [9.17, 15) is 18.8 Å². The van der Waals surface area contributed by atoms with Gasteiger partial charge in [-0.1, -0.05) is 19.9 Å². The number of carbonyl (C=O) groups excluding carboxylic acids is 3. The van der Waals surface area contributed by atoms with E-state index in [1.165, 1.54) is 12.1 Å². The predicted octanol–water partition coefficient (Wildman–Crippen LogP) is 1.80. The van der Waals surface area contributed by atoms with Crippen LogP contribution in [0.2, 0.25) is 0 Å². The summed E-state index contributed by atoms with van der Waals surface area (Å²) in [5.74, 6) is -0.557. The molecular weight excluding hydrogens is 387 g/mol. The Hall–Kier alpha value is -2.48. The minimum absolute atomic E-state index is 0.0547. The molecule has 3 amide bonds. The van der Waals surface area contributed by atoms with Crippen molar-refractivity contribution in [2.24, 2.45) is 11.8 Å². The minimum Gasteiger partial charge on any atom is -0.342 e. The maximum atomic E-state index is 13.2. The highest BCUT2D eigenvalue weighted by molar-refractivity contribution is 5.92. The van der Waals surface area contributed by atoms with Crippen LogP contribution in [-0.4, -0.2) is 78.2 Å². The molecule has 2 fully saturated rings. The molecule has 7 nitrogen and oxygen atoms in total. The molecule has 8 heteroatoms. The fourth-order valence-electron chi connectivity index (χ4n) is 4.10. The van der Waals surface area contributed by atoms with Gasteiger partial charge in [-0.3, -0.25) is 19.3 Å². The first-order valence-electron chi connectivity index (χ1n) is 10.7. The van der Waals surface area contributed by atoms with Gasteiger partial charge < -0.3 is 15.1 Å². The van der Waals surface area contributed by atoms with Gasteiger partial charge in [-0.05, 0) is 31.0 Å². The monoisotopic (exact) mass is 418 g/mol. The van der Waals surface area contributed by atoms with Crippen LogP contribution < -0.4 is 5.32 Å². The summed E-state index contributed by atoms with van der Waals surface area (Å²) in [6.45, 7) is 7.59. The van der Waals surface area contributed by atoms with E-state index in [0.717, 1.165) is 19.4 Å². The Morgan fingerprint density at radius 2 is 1.83 bits per heavy atom. The quantitative estimate of drug-likeness (QED) is 0.792. The highest BCUT2D eigenvalue weighted by Crippen LogP contribution is 2.21. The lowest BCUT2D eigenvalue weighted by atomic mass is 9.95. The van der Waals surface area contributed by atoms with E-state index < -0.39 is 5.82 Å². The van der Waals surface area contributed by atoms with Crippen molar-refractivity contribution in [3.05, 3.63) is 30.1 Å². The molecule has 2 aliphatic rings. The molecule has 2 saturated heterocycles.